The SMILES string of the molecule is CCc1ccccc1NC(=O)Cn1nnc(C(=O)Nc2ccc(C)cc2Cl)c1C. The van der Waals surface area contributed by atoms with E-state index in [0.29, 0.717) is 16.4 Å². The quantitative estimate of drug-likeness (QED) is 0.641. The first-order chi connectivity index (χ1) is 13.9. The van der Waals surface area contributed by atoms with Crippen LogP contribution in [-0.4, -0.2) is 26.8 Å². The highest BCUT2D eigenvalue weighted by Crippen LogP contribution is 2.23. The first-order valence-electron chi connectivity index (χ1n) is 9.24. The van der Waals surface area contributed by atoms with E-state index >= 15 is 0 Å². The lowest BCUT2D eigenvalue weighted by Crippen LogP contribution is -2.21. The Bertz CT molecular complexity index is 1060. The van der Waals surface area contributed by atoms with Crippen LogP contribution in [0.3, 0.4) is 0 Å². The molecule has 3 rings (SSSR count). The van der Waals surface area contributed by atoms with Crippen molar-refractivity contribution in [3.05, 3.63) is 70.0 Å². The van der Waals surface area contributed by atoms with Gasteiger partial charge in [-0.3, -0.25) is 9.59 Å². The number of carbonyl (C=O) groups is 2. The predicted molar refractivity (Wildman–Crippen MR) is 113 cm³/mol. The number of benzene rings is 2. The summed E-state index contributed by atoms with van der Waals surface area (Å²) in [5, 5.41) is 13.9. The van der Waals surface area contributed by atoms with Gasteiger partial charge in [-0.1, -0.05) is 48.0 Å². The Kier molecular flexibility index (Phi) is 6.29. The number of halogens is 1. The lowest BCUT2D eigenvalue weighted by molar-refractivity contribution is -0.117. The summed E-state index contributed by atoms with van der Waals surface area (Å²) in [6.45, 7) is 5.59. The molecule has 0 aliphatic carbocycles. The molecule has 1 heterocycles. The number of nitrogens with one attached hydrogen (secondary N) is 2. The van der Waals surface area contributed by atoms with Gasteiger partial charge < -0.3 is 10.6 Å². The topological polar surface area (TPSA) is 88.9 Å². The molecule has 3 aromatic rings. The molecule has 0 aliphatic rings. The summed E-state index contributed by atoms with van der Waals surface area (Å²) >= 11 is 6.17. The number of aromatic nitrogens is 3. The number of anilines is 2. The number of rotatable bonds is 6. The Morgan fingerprint density at radius 1 is 1.07 bits per heavy atom. The third-order valence-electron chi connectivity index (χ3n) is 4.54. The van der Waals surface area contributed by atoms with Gasteiger partial charge in [0.15, 0.2) is 5.69 Å². The van der Waals surface area contributed by atoms with Crippen molar-refractivity contribution in [2.45, 2.75) is 33.7 Å². The molecule has 0 atom stereocenters. The van der Waals surface area contributed by atoms with Crippen molar-refractivity contribution in [3.63, 3.8) is 0 Å². The fourth-order valence-corrected chi connectivity index (χ4v) is 3.18. The van der Waals surface area contributed by atoms with Crippen LogP contribution in [0.25, 0.3) is 0 Å². The van der Waals surface area contributed by atoms with E-state index < -0.39 is 5.91 Å². The number of carbonyl (C=O) groups excluding carboxylic acids is 2. The van der Waals surface area contributed by atoms with E-state index in [4.69, 9.17) is 11.6 Å². The van der Waals surface area contributed by atoms with Crippen LogP contribution in [0, 0.1) is 13.8 Å². The molecule has 0 unspecified atom stereocenters. The van der Waals surface area contributed by atoms with Gasteiger partial charge in [0.25, 0.3) is 5.91 Å². The summed E-state index contributed by atoms with van der Waals surface area (Å²) in [6.07, 6.45) is 0.810. The van der Waals surface area contributed by atoms with Crippen LogP contribution in [0.1, 0.15) is 34.2 Å². The average Bonchev–Trinajstić information content (AvgIpc) is 3.04. The van der Waals surface area contributed by atoms with Crippen molar-refractivity contribution >= 4 is 34.8 Å². The summed E-state index contributed by atoms with van der Waals surface area (Å²) in [5.74, 6) is -0.677. The zero-order valence-corrected chi connectivity index (χ0v) is 17.2. The molecule has 8 heteroatoms. The predicted octanol–water partition coefficient (Wildman–Crippen LogP) is 4.00. The van der Waals surface area contributed by atoms with Crippen LogP contribution in [0.5, 0.6) is 0 Å². The summed E-state index contributed by atoms with van der Waals surface area (Å²) in [4.78, 5) is 25.0. The fraction of sp³-hybridized carbons (Fsp3) is 0.238. The molecule has 2 aromatic carbocycles. The van der Waals surface area contributed by atoms with E-state index in [9.17, 15) is 9.59 Å². The van der Waals surface area contributed by atoms with Crippen molar-refractivity contribution in [2.75, 3.05) is 10.6 Å². The van der Waals surface area contributed by atoms with Crippen LogP contribution in [0.2, 0.25) is 5.02 Å². The third kappa shape index (κ3) is 4.81. The number of amides is 2. The van der Waals surface area contributed by atoms with Gasteiger partial charge in [0.1, 0.15) is 6.54 Å². The maximum atomic E-state index is 12.6. The Morgan fingerprint density at radius 2 is 1.83 bits per heavy atom. The second-order valence-corrected chi connectivity index (χ2v) is 7.08. The van der Waals surface area contributed by atoms with Crippen LogP contribution in [-0.2, 0) is 17.8 Å². The van der Waals surface area contributed by atoms with Crippen LogP contribution in [0.4, 0.5) is 11.4 Å². The number of aryl methyl sites for hydroxylation is 2. The minimum absolute atomic E-state index is 0.0462. The van der Waals surface area contributed by atoms with Gasteiger partial charge in [-0.05, 0) is 49.6 Å². The first-order valence-corrected chi connectivity index (χ1v) is 9.62. The van der Waals surface area contributed by atoms with Crippen molar-refractivity contribution < 1.29 is 9.59 Å². The maximum Gasteiger partial charge on any atom is 0.278 e. The Balaban J connectivity index is 1.70. The van der Waals surface area contributed by atoms with Crippen LogP contribution >= 0.6 is 11.6 Å². The lowest BCUT2D eigenvalue weighted by Gasteiger charge is -2.10. The van der Waals surface area contributed by atoms with Crippen molar-refractivity contribution in [3.8, 4) is 0 Å². The summed E-state index contributed by atoms with van der Waals surface area (Å²) in [7, 11) is 0. The Labute approximate surface area is 174 Å². The molecule has 2 N–H and O–H groups in total. The zero-order chi connectivity index (χ0) is 21.0. The maximum absolute atomic E-state index is 12.6. The highest BCUT2D eigenvalue weighted by molar-refractivity contribution is 6.34. The minimum Gasteiger partial charge on any atom is -0.324 e. The average molecular weight is 412 g/mol. The highest BCUT2D eigenvalue weighted by atomic mass is 35.5. The van der Waals surface area contributed by atoms with E-state index in [0.717, 1.165) is 23.2 Å². The Hall–Kier alpha value is -3.19. The largest absolute Gasteiger partial charge is 0.324 e. The smallest absolute Gasteiger partial charge is 0.278 e. The van der Waals surface area contributed by atoms with Crippen molar-refractivity contribution in [1.82, 2.24) is 15.0 Å². The van der Waals surface area contributed by atoms with Gasteiger partial charge in [0, 0.05) is 5.69 Å². The van der Waals surface area contributed by atoms with Gasteiger partial charge in [-0.25, -0.2) is 4.68 Å². The molecule has 0 saturated carbocycles. The number of hydrogen-bond acceptors (Lipinski definition) is 4. The number of para-hydroxylation sites is 1. The number of nitrogens with zero attached hydrogens (tertiary/aromatic N) is 3. The third-order valence-corrected chi connectivity index (χ3v) is 4.85. The second-order valence-electron chi connectivity index (χ2n) is 6.68. The highest BCUT2D eigenvalue weighted by Gasteiger charge is 2.19. The molecule has 7 nitrogen and oxygen atoms in total. The van der Waals surface area contributed by atoms with E-state index in [2.05, 4.69) is 20.9 Å². The molecular formula is C21H22ClN5O2. The van der Waals surface area contributed by atoms with Gasteiger partial charge in [0.2, 0.25) is 5.91 Å². The van der Waals surface area contributed by atoms with E-state index in [-0.39, 0.29) is 18.1 Å². The Morgan fingerprint density at radius 3 is 2.55 bits per heavy atom. The van der Waals surface area contributed by atoms with Gasteiger partial charge in [-0.2, -0.15) is 0 Å². The molecule has 1 aromatic heterocycles. The molecule has 150 valence electrons. The second kappa shape index (κ2) is 8.87. The number of hydrogen-bond donors (Lipinski definition) is 2. The zero-order valence-electron chi connectivity index (χ0n) is 16.5. The minimum atomic E-state index is -0.434. The van der Waals surface area contributed by atoms with Crippen LogP contribution in [0.15, 0.2) is 42.5 Å². The van der Waals surface area contributed by atoms with Gasteiger partial charge in [-0.15, -0.1) is 5.10 Å². The normalized spacial score (nSPS) is 10.6. The van der Waals surface area contributed by atoms with Crippen molar-refractivity contribution in [2.24, 2.45) is 0 Å². The lowest BCUT2D eigenvalue weighted by atomic mass is 10.1. The monoisotopic (exact) mass is 411 g/mol. The van der Waals surface area contributed by atoms with E-state index in [1.165, 1.54) is 4.68 Å². The van der Waals surface area contributed by atoms with E-state index in [1.807, 2.05) is 44.2 Å². The first kappa shape index (κ1) is 20.5. The molecule has 0 radical (unpaired) electrons. The molecule has 0 spiro atoms. The summed E-state index contributed by atoms with van der Waals surface area (Å²) < 4.78 is 1.40. The molecule has 0 bridgehead atoms. The molecule has 0 aliphatic heterocycles. The van der Waals surface area contributed by atoms with Gasteiger partial charge >= 0.3 is 0 Å². The molecule has 2 amide bonds. The summed E-state index contributed by atoms with van der Waals surface area (Å²) in [5.41, 5.74) is 3.93. The standard InChI is InChI=1S/C21H22ClN5O2/c1-4-15-7-5-6-8-17(15)23-19(28)12-27-14(3)20(25-26-27)21(29)24-18-10-9-13(2)11-16(18)22/h5-11H,4,12H2,1-3H3,(H,23,28)(H,24,29). The molecular weight excluding hydrogens is 390 g/mol. The van der Waals surface area contributed by atoms with Crippen molar-refractivity contribution in [1.29, 1.82) is 0 Å². The van der Waals surface area contributed by atoms with E-state index in [1.54, 1.807) is 19.1 Å². The molecule has 29 heavy (non-hydrogen) atoms. The molecule has 0 saturated heterocycles. The summed E-state index contributed by atoms with van der Waals surface area (Å²) in [6, 6.07) is 13.0. The fourth-order valence-electron chi connectivity index (χ4n) is 2.90. The van der Waals surface area contributed by atoms with Crippen LogP contribution < -0.4 is 10.6 Å². The van der Waals surface area contributed by atoms with Gasteiger partial charge in [0.05, 0.1) is 16.4 Å². The molecule has 0 fully saturated rings.